The smallest absolute Gasteiger partial charge is 0.335 e. The molecule has 0 aliphatic heterocycles. The summed E-state index contributed by atoms with van der Waals surface area (Å²) in [6, 6.07) is 2.49. The normalized spacial score (nSPS) is 11.5. The van der Waals surface area contributed by atoms with Gasteiger partial charge >= 0.3 is 5.97 Å². The number of carbonyl (C=O) groups is 1. The van der Waals surface area contributed by atoms with Gasteiger partial charge in [-0.3, -0.25) is 0 Å². The lowest BCUT2D eigenvalue weighted by Crippen LogP contribution is -2.26. The largest absolute Gasteiger partial charge is 0.478 e. The molecule has 0 aromatic heterocycles. The van der Waals surface area contributed by atoms with Crippen LogP contribution in [0.3, 0.4) is 0 Å². The number of sulfonamides is 1. The number of benzene rings is 1. The van der Waals surface area contributed by atoms with Crippen LogP contribution in [0.2, 0.25) is 0 Å². The molecule has 19 heavy (non-hydrogen) atoms. The van der Waals surface area contributed by atoms with Crippen LogP contribution >= 0.6 is 15.9 Å². The van der Waals surface area contributed by atoms with Crippen molar-refractivity contribution in [3.8, 4) is 0 Å². The summed E-state index contributed by atoms with van der Waals surface area (Å²) in [5.41, 5.74) is 0.422. The van der Waals surface area contributed by atoms with Crippen LogP contribution in [-0.4, -0.2) is 37.8 Å². The van der Waals surface area contributed by atoms with Crippen LogP contribution in [0.4, 0.5) is 0 Å². The second-order valence-electron chi connectivity index (χ2n) is 3.89. The number of nitrogens with one attached hydrogen (secondary N) is 1. The number of aliphatic hydroxyl groups is 1. The van der Waals surface area contributed by atoms with Gasteiger partial charge in [0.1, 0.15) is 0 Å². The number of halogens is 1. The van der Waals surface area contributed by atoms with Gasteiger partial charge in [-0.25, -0.2) is 17.9 Å². The van der Waals surface area contributed by atoms with Gasteiger partial charge in [-0.2, -0.15) is 0 Å². The predicted octanol–water partition coefficient (Wildman–Crippen LogP) is 1.12. The molecule has 0 aliphatic rings. The van der Waals surface area contributed by atoms with Crippen LogP contribution in [-0.2, 0) is 10.0 Å². The Morgan fingerprint density at radius 1 is 1.42 bits per heavy atom. The minimum Gasteiger partial charge on any atom is -0.478 e. The van der Waals surface area contributed by atoms with Gasteiger partial charge in [0.25, 0.3) is 0 Å². The summed E-state index contributed by atoms with van der Waals surface area (Å²) in [6.07, 6.45) is 0.286. The van der Waals surface area contributed by atoms with Gasteiger partial charge in [-0.15, -0.1) is 0 Å². The van der Waals surface area contributed by atoms with E-state index in [4.69, 9.17) is 10.2 Å². The molecule has 0 spiro atoms. The highest BCUT2D eigenvalue weighted by atomic mass is 79.9. The SMILES string of the molecule is Cc1cc(C(=O)O)cc(S(=O)(=O)NCCCO)c1Br. The van der Waals surface area contributed by atoms with Gasteiger partial charge in [-0.1, -0.05) is 0 Å². The first-order valence-corrected chi connectivity index (χ1v) is 7.71. The van der Waals surface area contributed by atoms with Crippen molar-refractivity contribution in [1.29, 1.82) is 0 Å². The van der Waals surface area contributed by atoms with E-state index < -0.39 is 16.0 Å². The number of rotatable bonds is 6. The molecule has 0 amide bonds. The van der Waals surface area contributed by atoms with E-state index in [9.17, 15) is 13.2 Å². The molecule has 8 heteroatoms. The number of hydrogen-bond donors (Lipinski definition) is 3. The standard InChI is InChI=1S/C11H14BrNO5S/c1-7-5-8(11(15)16)6-9(10(7)12)19(17,18)13-3-2-4-14/h5-6,13-14H,2-4H2,1H3,(H,15,16). The zero-order valence-electron chi connectivity index (χ0n) is 10.2. The van der Waals surface area contributed by atoms with Crippen molar-refractivity contribution in [3.63, 3.8) is 0 Å². The quantitative estimate of drug-likeness (QED) is 0.666. The first-order chi connectivity index (χ1) is 8.79. The van der Waals surface area contributed by atoms with Crippen LogP contribution < -0.4 is 4.72 Å². The first kappa shape index (κ1) is 16.1. The second kappa shape index (κ2) is 6.47. The molecule has 0 fully saturated rings. The van der Waals surface area contributed by atoms with Crippen LogP contribution in [0.1, 0.15) is 22.3 Å². The average molecular weight is 352 g/mol. The zero-order chi connectivity index (χ0) is 14.6. The number of hydrogen-bond acceptors (Lipinski definition) is 4. The minimum absolute atomic E-state index is 0.0849. The molecule has 0 bridgehead atoms. The van der Waals surface area contributed by atoms with E-state index in [1.807, 2.05) is 0 Å². The van der Waals surface area contributed by atoms with Gasteiger partial charge in [0, 0.05) is 17.6 Å². The van der Waals surface area contributed by atoms with Crippen molar-refractivity contribution >= 4 is 31.9 Å². The van der Waals surface area contributed by atoms with Gasteiger partial charge < -0.3 is 10.2 Å². The molecule has 1 aromatic rings. The maximum absolute atomic E-state index is 12.0. The summed E-state index contributed by atoms with van der Waals surface area (Å²) < 4.78 is 26.7. The van der Waals surface area contributed by atoms with Crippen molar-refractivity contribution in [3.05, 3.63) is 27.7 Å². The Morgan fingerprint density at radius 2 is 2.05 bits per heavy atom. The third-order valence-electron chi connectivity index (χ3n) is 2.38. The fourth-order valence-corrected chi connectivity index (χ4v) is 3.54. The molecule has 6 nitrogen and oxygen atoms in total. The van der Waals surface area contributed by atoms with Crippen molar-refractivity contribution in [2.45, 2.75) is 18.2 Å². The molecule has 0 unspecified atom stereocenters. The molecule has 0 atom stereocenters. The van der Waals surface area contributed by atoms with Gasteiger partial charge in [0.15, 0.2) is 0 Å². The molecule has 3 N–H and O–H groups in total. The van der Waals surface area contributed by atoms with Crippen LogP contribution in [0.5, 0.6) is 0 Å². The minimum atomic E-state index is -3.81. The number of aromatic carboxylic acids is 1. The van der Waals surface area contributed by atoms with Crippen LogP contribution in [0, 0.1) is 6.92 Å². The van der Waals surface area contributed by atoms with Crippen molar-refractivity contribution in [2.75, 3.05) is 13.2 Å². The molecule has 0 saturated heterocycles. The van der Waals surface area contributed by atoms with E-state index >= 15 is 0 Å². The van der Waals surface area contributed by atoms with E-state index in [1.54, 1.807) is 6.92 Å². The predicted molar refractivity (Wildman–Crippen MR) is 72.7 cm³/mol. The first-order valence-electron chi connectivity index (χ1n) is 5.43. The lowest BCUT2D eigenvalue weighted by atomic mass is 10.1. The van der Waals surface area contributed by atoms with Crippen molar-refractivity contribution in [2.24, 2.45) is 0 Å². The fourth-order valence-electron chi connectivity index (χ4n) is 1.42. The number of carboxylic acids is 1. The summed E-state index contributed by atoms with van der Waals surface area (Å²) >= 11 is 3.15. The third-order valence-corrected chi connectivity index (χ3v) is 5.18. The summed E-state index contributed by atoms with van der Waals surface area (Å²) in [5.74, 6) is -1.19. The topological polar surface area (TPSA) is 104 Å². The maximum Gasteiger partial charge on any atom is 0.335 e. The number of aryl methyl sites for hydroxylation is 1. The lowest BCUT2D eigenvalue weighted by molar-refractivity contribution is 0.0696. The average Bonchev–Trinajstić information content (AvgIpc) is 2.32. The van der Waals surface area contributed by atoms with Gasteiger partial charge in [-0.05, 0) is 47.0 Å². The molecular weight excluding hydrogens is 338 g/mol. The van der Waals surface area contributed by atoms with E-state index in [0.717, 1.165) is 6.07 Å². The number of aliphatic hydroxyl groups excluding tert-OH is 1. The Balaban J connectivity index is 3.21. The number of carboxylic acid groups (broad SMARTS) is 1. The molecule has 0 radical (unpaired) electrons. The molecule has 0 saturated carbocycles. The van der Waals surface area contributed by atoms with Gasteiger partial charge in [0.05, 0.1) is 10.5 Å². The maximum atomic E-state index is 12.0. The van der Waals surface area contributed by atoms with Crippen molar-refractivity contribution < 1.29 is 23.4 Å². The molecule has 106 valence electrons. The summed E-state index contributed by atoms with van der Waals surface area (Å²) in [6.45, 7) is 1.57. The highest BCUT2D eigenvalue weighted by Gasteiger charge is 2.21. The summed E-state index contributed by atoms with van der Waals surface area (Å²) in [7, 11) is -3.81. The molecule has 0 aliphatic carbocycles. The molecule has 0 heterocycles. The Bertz CT molecular complexity index is 585. The van der Waals surface area contributed by atoms with Crippen LogP contribution in [0.25, 0.3) is 0 Å². The van der Waals surface area contributed by atoms with Crippen LogP contribution in [0.15, 0.2) is 21.5 Å². The Kier molecular flexibility index (Phi) is 5.48. The van der Waals surface area contributed by atoms with E-state index in [2.05, 4.69) is 20.7 Å². The van der Waals surface area contributed by atoms with Gasteiger partial charge in [0.2, 0.25) is 10.0 Å². The van der Waals surface area contributed by atoms with Crippen molar-refractivity contribution in [1.82, 2.24) is 4.72 Å². The molecular formula is C11H14BrNO5S. The Labute approximate surface area is 119 Å². The second-order valence-corrected chi connectivity index (χ2v) is 6.41. The molecule has 1 aromatic carbocycles. The molecule has 1 rings (SSSR count). The highest BCUT2D eigenvalue weighted by Crippen LogP contribution is 2.27. The van der Waals surface area contributed by atoms with E-state index in [0.29, 0.717) is 10.0 Å². The van der Waals surface area contributed by atoms with E-state index in [-0.39, 0.29) is 30.0 Å². The fraction of sp³-hybridized carbons (Fsp3) is 0.364. The third kappa shape index (κ3) is 4.00. The highest BCUT2D eigenvalue weighted by molar-refractivity contribution is 9.10. The zero-order valence-corrected chi connectivity index (χ0v) is 12.6. The van der Waals surface area contributed by atoms with E-state index in [1.165, 1.54) is 6.07 Å². The monoisotopic (exact) mass is 351 g/mol. The summed E-state index contributed by atoms with van der Waals surface area (Å²) in [5, 5.41) is 17.6. The Hall–Kier alpha value is -0.960. The Morgan fingerprint density at radius 3 is 2.58 bits per heavy atom. The lowest BCUT2D eigenvalue weighted by Gasteiger charge is -2.11. The summed E-state index contributed by atoms with van der Waals surface area (Å²) in [4.78, 5) is 10.8.